The number of rotatable bonds is 5. The van der Waals surface area contributed by atoms with Gasteiger partial charge in [0, 0.05) is 4.90 Å². The van der Waals surface area contributed by atoms with Crippen LogP contribution >= 0.6 is 11.9 Å². The van der Waals surface area contributed by atoms with E-state index in [1.165, 1.54) is 43.5 Å². The second kappa shape index (κ2) is 6.81. The lowest BCUT2D eigenvalue weighted by Crippen LogP contribution is -2.16. The summed E-state index contributed by atoms with van der Waals surface area (Å²) in [5, 5.41) is 0. The van der Waals surface area contributed by atoms with Gasteiger partial charge in [0.1, 0.15) is 5.75 Å². The van der Waals surface area contributed by atoms with Crippen molar-refractivity contribution in [2.45, 2.75) is 16.0 Å². The van der Waals surface area contributed by atoms with E-state index in [2.05, 4.69) is 4.13 Å². The number of methoxy groups -OCH3 is 1. The van der Waals surface area contributed by atoms with E-state index in [1.807, 2.05) is 0 Å². The normalized spacial score (nSPS) is 12.2. The molecule has 1 N–H and O–H groups in total. The summed E-state index contributed by atoms with van der Waals surface area (Å²) in [5.74, 6) is 0.513. The number of nitrogens with one attached hydrogen (secondary N) is 1. The van der Waals surface area contributed by atoms with Crippen molar-refractivity contribution in [3.8, 4) is 5.75 Å². The van der Waals surface area contributed by atoms with E-state index >= 15 is 0 Å². The maximum absolute atomic E-state index is 12.4. The minimum absolute atomic E-state index is 0.0257. The minimum atomic E-state index is -4.42. The molecule has 0 aliphatic heterocycles. The van der Waals surface area contributed by atoms with Crippen LogP contribution in [-0.2, 0) is 16.2 Å². The van der Waals surface area contributed by atoms with Crippen molar-refractivity contribution in [3.63, 3.8) is 0 Å². The van der Waals surface area contributed by atoms with E-state index in [-0.39, 0.29) is 4.90 Å². The lowest BCUT2D eigenvalue weighted by Gasteiger charge is -2.09. The Balaban J connectivity index is 2.06. The van der Waals surface area contributed by atoms with Crippen LogP contribution in [0.1, 0.15) is 5.56 Å². The zero-order valence-electron chi connectivity index (χ0n) is 11.8. The van der Waals surface area contributed by atoms with E-state index in [0.29, 0.717) is 22.6 Å². The number of benzene rings is 2. The molecule has 2 aromatic carbocycles. The molecule has 0 radical (unpaired) electrons. The summed E-state index contributed by atoms with van der Waals surface area (Å²) in [6.07, 6.45) is -4.42. The largest absolute Gasteiger partial charge is 0.497 e. The van der Waals surface area contributed by atoms with Crippen LogP contribution in [0, 0.1) is 0 Å². The molecule has 2 rings (SSSR count). The van der Waals surface area contributed by atoms with Crippen molar-refractivity contribution in [2.75, 3.05) is 7.11 Å². The molecular formula is C14H12F3NO3S2. The zero-order chi connectivity index (χ0) is 17.1. The van der Waals surface area contributed by atoms with E-state index in [9.17, 15) is 21.6 Å². The summed E-state index contributed by atoms with van der Waals surface area (Å²) in [6.45, 7) is 0. The van der Waals surface area contributed by atoms with Gasteiger partial charge < -0.3 is 4.74 Å². The van der Waals surface area contributed by atoms with Crippen LogP contribution in [-0.4, -0.2) is 15.5 Å². The Morgan fingerprint density at radius 2 is 1.57 bits per heavy atom. The second-order valence-corrected chi connectivity index (χ2v) is 7.21. The van der Waals surface area contributed by atoms with Gasteiger partial charge in [-0.2, -0.15) is 13.2 Å². The van der Waals surface area contributed by atoms with Crippen LogP contribution in [0.15, 0.2) is 58.3 Å². The predicted molar refractivity (Wildman–Crippen MR) is 80.6 cm³/mol. The minimum Gasteiger partial charge on any atom is -0.497 e. The molecule has 0 amide bonds. The Hall–Kier alpha value is -1.71. The highest BCUT2D eigenvalue weighted by Gasteiger charge is 2.30. The topological polar surface area (TPSA) is 55.4 Å². The summed E-state index contributed by atoms with van der Waals surface area (Å²) >= 11 is 0.715. The molecule has 0 saturated heterocycles. The number of halogens is 3. The van der Waals surface area contributed by atoms with Gasteiger partial charge in [0.25, 0.3) is 0 Å². The summed E-state index contributed by atoms with van der Waals surface area (Å²) in [7, 11) is -2.33. The highest BCUT2D eigenvalue weighted by molar-refractivity contribution is 8.09. The van der Waals surface area contributed by atoms with Crippen LogP contribution in [0.3, 0.4) is 0 Å². The van der Waals surface area contributed by atoms with E-state index in [0.717, 1.165) is 12.1 Å². The molecule has 0 fully saturated rings. The molecule has 0 aliphatic rings. The zero-order valence-corrected chi connectivity index (χ0v) is 13.4. The molecule has 0 saturated carbocycles. The van der Waals surface area contributed by atoms with Crippen LogP contribution in [0.5, 0.6) is 5.75 Å². The first-order chi connectivity index (χ1) is 10.7. The fourth-order valence-electron chi connectivity index (χ4n) is 1.62. The van der Waals surface area contributed by atoms with Gasteiger partial charge in [-0.05, 0) is 60.5 Å². The van der Waals surface area contributed by atoms with E-state index in [1.54, 1.807) is 0 Å². The number of ether oxygens (including phenoxy) is 1. The first kappa shape index (κ1) is 17.6. The van der Waals surface area contributed by atoms with Gasteiger partial charge in [-0.15, -0.1) is 4.13 Å². The van der Waals surface area contributed by atoms with Crippen molar-refractivity contribution in [2.24, 2.45) is 0 Å². The van der Waals surface area contributed by atoms with Gasteiger partial charge in [0.2, 0.25) is 10.0 Å². The van der Waals surface area contributed by atoms with E-state index in [4.69, 9.17) is 4.74 Å². The van der Waals surface area contributed by atoms with Gasteiger partial charge in [-0.3, -0.25) is 0 Å². The van der Waals surface area contributed by atoms with Crippen LogP contribution in [0.2, 0.25) is 0 Å². The summed E-state index contributed by atoms with van der Waals surface area (Å²) in [6, 6.07) is 9.92. The van der Waals surface area contributed by atoms with Gasteiger partial charge >= 0.3 is 6.18 Å². The molecule has 9 heteroatoms. The Morgan fingerprint density at radius 1 is 1.00 bits per heavy atom. The Morgan fingerprint density at radius 3 is 2.04 bits per heavy atom. The Bertz CT molecular complexity index is 757. The highest BCUT2D eigenvalue weighted by atomic mass is 32.3. The number of hydrogen-bond donors (Lipinski definition) is 1. The Kier molecular flexibility index (Phi) is 5.23. The van der Waals surface area contributed by atoms with Crippen LogP contribution in [0.25, 0.3) is 0 Å². The summed E-state index contributed by atoms with van der Waals surface area (Å²) < 4.78 is 68.7. The van der Waals surface area contributed by atoms with Crippen molar-refractivity contribution >= 4 is 22.0 Å². The lowest BCUT2D eigenvalue weighted by atomic mass is 10.2. The van der Waals surface area contributed by atoms with Crippen molar-refractivity contribution in [1.82, 2.24) is 4.13 Å². The molecule has 124 valence electrons. The molecule has 2 aromatic rings. The monoisotopic (exact) mass is 363 g/mol. The first-order valence-electron chi connectivity index (χ1n) is 6.22. The average molecular weight is 363 g/mol. The molecule has 23 heavy (non-hydrogen) atoms. The van der Waals surface area contributed by atoms with Crippen LogP contribution in [0.4, 0.5) is 13.2 Å². The Labute approximate surface area is 135 Å². The predicted octanol–water partition coefficient (Wildman–Crippen LogP) is 3.70. The molecule has 0 heterocycles. The fraction of sp³-hybridized carbons (Fsp3) is 0.143. The maximum atomic E-state index is 12.4. The third kappa shape index (κ3) is 4.63. The number of alkyl halides is 3. The highest BCUT2D eigenvalue weighted by Crippen LogP contribution is 2.30. The van der Waals surface area contributed by atoms with E-state index < -0.39 is 21.8 Å². The molecule has 0 aliphatic carbocycles. The quantitative estimate of drug-likeness (QED) is 0.823. The summed E-state index contributed by atoms with van der Waals surface area (Å²) in [4.78, 5) is 0.368. The fourth-order valence-corrected chi connectivity index (χ4v) is 3.59. The van der Waals surface area contributed by atoms with Crippen molar-refractivity contribution in [3.05, 3.63) is 54.1 Å². The number of hydrogen-bond acceptors (Lipinski definition) is 4. The van der Waals surface area contributed by atoms with Gasteiger partial charge in [0.15, 0.2) is 0 Å². The second-order valence-electron chi connectivity index (χ2n) is 4.39. The van der Waals surface area contributed by atoms with Crippen molar-refractivity contribution in [1.29, 1.82) is 0 Å². The van der Waals surface area contributed by atoms with Crippen molar-refractivity contribution < 1.29 is 26.3 Å². The standard InChI is InChI=1S/C14H12F3NO3S2/c1-21-11-4-8-13(9-5-11)23(19,20)18-22-12-6-2-10(3-7-12)14(15,16)17/h2-9,18H,1H3. The molecule has 0 spiro atoms. The first-order valence-corrected chi connectivity index (χ1v) is 8.52. The number of sulfonamides is 1. The third-order valence-corrected chi connectivity index (χ3v) is 5.43. The smallest absolute Gasteiger partial charge is 0.416 e. The van der Waals surface area contributed by atoms with Gasteiger partial charge in [-0.25, -0.2) is 8.42 Å². The lowest BCUT2D eigenvalue weighted by molar-refractivity contribution is -0.137. The van der Waals surface area contributed by atoms with Gasteiger partial charge in [-0.1, -0.05) is 0 Å². The molecule has 4 nitrogen and oxygen atoms in total. The van der Waals surface area contributed by atoms with Gasteiger partial charge in [0.05, 0.1) is 17.6 Å². The molecular weight excluding hydrogens is 351 g/mol. The molecule has 0 unspecified atom stereocenters. The molecule has 0 atom stereocenters. The average Bonchev–Trinajstić information content (AvgIpc) is 2.53. The molecule has 0 bridgehead atoms. The van der Waals surface area contributed by atoms with Crippen LogP contribution < -0.4 is 8.86 Å². The SMILES string of the molecule is COc1ccc(S(=O)(=O)NSc2ccc(C(F)(F)F)cc2)cc1. The summed E-state index contributed by atoms with van der Waals surface area (Å²) in [5.41, 5.74) is -0.792. The third-order valence-electron chi connectivity index (χ3n) is 2.82. The maximum Gasteiger partial charge on any atom is 0.416 e. The molecule has 0 aromatic heterocycles.